The van der Waals surface area contributed by atoms with Gasteiger partial charge >= 0.3 is 0 Å². The molecular formula is C17H25Cl3N2O3. The van der Waals surface area contributed by atoms with E-state index < -0.39 is 17.1 Å². The van der Waals surface area contributed by atoms with Crippen molar-refractivity contribution >= 4 is 41.5 Å². The lowest BCUT2D eigenvalue weighted by atomic mass is 9.54. The number of nitrogens with two attached hydrogens (primary N) is 1. The monoisotopic (exact) mass is 410 g/mol. The van der Waals surface area contributed by atoms with Crippen molar-refractivity contribution in [2.24, 2.45) is 11.1 Å². The number of amides is 1. The lowest BCUT2D eigenvalue weighted by Gasteiger charge is -2.57. The number of carbonyl (C=O) groups is 1. The van der Waals surface area contributed by atoms with Crippen LogP contribution in [0.1, 0.15) is 38.9 Å². The number of rotatable bonds is 6. The van der Waals surface area contributed by atoms with Crippen LogP contribution in [-0.4, -0.2) is 35.8 Å². The minimum atomic E-state index is -1.03. The molecule has 0 bridgehead atoms. The molecule has 1 aromatic rings. The van der Waals surface area contributed by atoms with Crippen LogP contribution in [-0.2, 0) is 9.53 Å². The SMILES string of the molecule is CCOC1CC(N)(C(=O)NCC(O)c2c(Cl)cccc2Cl)C1(C)C.Cl. The fourth-order valence-electron chi connectivity index (χ4n) is 3.10. The van der Waals surface area contributed by atoms with Crippen molar-refractivity contribution in [3.63, 3.8) is 0 Å². The van der Waals surface area contributed by atoms with Crippen LogP contribution in [0.25, 0.3) is 0 Å². The van der Waals surface area contributed by atoms with Gasteiger partial charge in [0, 0.05) is 40.6 Å². The Morgan fingerprint density at radius 2 is 2.00 bits per heavy atom. The zero-order valence-electron chi connectivity index (χ0n) is 14.5. The molecule has 142 valence electrons. The van der Waals surface area contributed by atoms with Crippen LogP contribution in [0.5, 0.6) is 0 Å². The topological polar surface area (TPSA) is 84.6 Å². The second-order valence-corrected chi connectivity index (χ2v) is 7.52. The van der Waals surface area contributed by atoms with Crippen molar-refractivity contribution in [2.45, 2.75) is 44.9 Å². The minimum Gasteiger partial charge on any atom is -0.386 e. The molecule has 1 saturated carbocycles. The molecule has 0 aromatic heterocycles. The number of hydrogen-bond acceptors (Lipinski definition) is 4. The van der Waals surface area contributed by atoms with Crippen LogP contribution < -0.4 is 11.1 Å². The van der Waals surface area contributed by atoms with E-state index in [1.807, 2.05) is 20.8 Å². The van der Waals surface area contributed by atoms with Gasteiger partial charge < -0.3 is 20.9 Å². The van der Waals surface area contributed by atoms with Crippen molar-refractivity contribution in [1.29, 1.82) is 0 Å². The molecule has 1 fully saturated rings. The summed E-state index contributed by atoms with van der Waals surface area (Å²) < 4.78 is 5.62. The molecule has 2 rings (SSSR count). The summed E-state index contributed by atoms with van der Waals surface area (Å²) in [5.74, 6) is -0.314. The van der Waals surface area contributed by atoms with Gasteiger partial charge in [0.1, 0.15) is 5.54 Å². The molecule has 0 aliphatic heterocycles. The van der Waals surface area contributed by atoms with E-state index in [4.69, 9.17) is 33.7 Å². The lowest BCUT2D eigenvalue weighted by Crippen LogP contribution is -2.75. The summed E-state index contributed by atoms with van der Waals surface area (Å²) in [6.45, 7) is 6.30. The van der Waals surface area contributed by atoms with E-state index >= 15 is 0 Å². The average molecular weight is 412 g/mol. The van der Waals surface area contributed by atoms with E-state index in [2.05, 4.69) is 5.32 Å². The standard InChI is InChI=1S/C17H24Cl2N2O3.ClH/c1-4-24-13-8-17(20,16(13,2)3)15(23)21-9-12(22)14-10(18)6-5-7-11(14)19;/h5-7,12-13,22H,4,8-9,20H2,1-3H3,(H,21,23);1H. The third-order valence-electron chi connectivity index (χ3n) is 5.02. The van der Waals surface area contributed by atoms with Gasteiger partial charge in [-0.15, -0.1) is 12.4 Å². The minimum absolute atomic E-state index is 0. The summed E-state index contributed by atoms with van der Waals surface area (Å²) in [6.07, 6.45) is -0.617. The highest BCUT2D eigenvalue weighted by molar-refractivity contribution is 6.36. The maximum atomic E-state index is 12.5. The van der Waals surface area contributed by atoms with Crippen molar-refractivity contribution in [2.75, 3.05) is 13.2 Å². The van der Waals surface area contributed by atoms with E-state index in [1.54, 1.807) is 18.2 Å². The van der Waals surface area contributed by atoms with Crippen LogP contribution in [0.4, 0.5) is 0 Å². The van der Waals surface area contributed by atoms with E-state index in [-0.39, 0.29) is 31.0 Å². The van der Waals surface area contributed by atoms with Gasteiger partial charge in [-0.2, -0.15) is 0 Å². The molecule has 1 aliphatic rings. The predicted molar refractivity (Wildman–Crippen MR) is 102 cm³/mol. The van der Waals surface area contributed by atoms with Crippen LogP contribution in [0, 0.1) is 5.41 Å². The van der Waals surface area contributed by atoms with Gasteiger partial charge in [-0.1, -0.05) is 43.1 Å². The van der Waals surface area contributed by atoms with Crippen LogP contribution in [0.3, 0.4) is 0 Å². The number of nitrogens with one attached hydrogen (secondary N) is 1. The Kier molecular flexibility index (Phi) is 7.57. The molecule has 25 heavy (non-hydrogen) atoms. The van der Waals surface area contributed by atoms with E-state index in [9.17, 15) is 9.90 Å². The van der Waals surface area contributed by atoms with Crippen LogP contribution >= 0.6 is 35.6 Å². The summed E-state index contributed by atoms with van der Waals surface area (Å²) in [4.78, 5) is 12.5. The molecular weight excluding hydrogens is 387 g/mol. The first-order valence-corrected chi connectivity index (χ1v) is 8.71. The molecule has 1 aliphatic carbocycles. The highest BCUT2D eigenvalue weighted by Gasteiger charge is 2.62. The molecule has 5 nitrogen and oxygen atoms in total. The Bertz CT molecular complexity index is 607. The Morgan fingerprint density at radius 1 is 1.44 bits per heavy atom. The molecule has 0 spiro atoms. The summed E-state index contributed by atoms with van der Waals surface area (Å²) in [5.41, 5.74) is 5.18. The lowest BCUT2D eigenvalue weighted by molar-refractivity contribution is -0.170. The molecule has 1 aromatic carbocycles. The fourth-order valence-corrected chi connectivity index (χ4v) is 3.75. The number of aliphatic hydroxyl groups is 1. The molecule has 0 radical (unpaired) electrons. The molecule has 1 amide bonds. The van der Waals surface area contributed by atoms with Gasteiger partial charge in [-0.05, 0) is 19.1 Å². The zero-order chi connectivity index (χ0) is 18.1. The Hall–Kier alpha value is -0.560. The summed E-state index contributed by atoms with van der Waals surface area (Å²) in [5, 5.41) is 13.7. The molecule has 8 heteroatoms. The number of halogens is 3. The molecule has 0 heterocycles. The van der Waals surface area contributed by atoms with E-state index in [0.29, 0.717) is 28.6 Å². The van der Waals surface area contributed by atoms with E-state index in [1.165, 1.54) is 0 Å². The Morgan fingerprint density at radius 3 is 2.48 bits per heavy atom. The summed E-state index contributed by atoms with van der Waals surface area (Å²) in [6, 6.07) is 4.97. The summed E-state index contributed by atoms with van der Waals surface area (Å²) >= 11 is 12.1. The number of benzene rings is 1. The van der Waals surface area contributed by atoms with Gasteiger partial charge in [0.05, 0.1) is 12.2 Å². The van der Waals surface area contributed by atoms with Crippen molar-refractivity contribution < 1.29 is 14.6 Å². The molecule has 3 unspecified atom stereocenters. The smallest absolute Gasteiger partial charge is 0.240 e. The molecule has 3 atom stereocenters. The molecule has 4 N–H and O–H groups in total. The van der Waals surface area contributed by atoms with Gasteiger partial charge in [0.15, 0.2) is 0 Å². The fraction of sp³-hybridized carbons (Fsp3) is 0.588. The second kappa shape index (κ2) is 8.42. The third-order valence-corrected chi connectivity index (χ3v) is 5.68. The quantitative estimate of drug-likeness (QED) is 0.671. The summed E-state index contributed by atoms with van der Waals surface area (Å²) in [7, 11) is 0. The Labute approximate surface area is 164 Å². The maximum absolute atomic E-state index is 12.5. The first-order valence-electron chi connectivity index (χ1n) is 7.96. The van der Waals surface area contributed by atoms with Gasteiger partial charge in [0.2, 0.25) is 5.91 Å². The Balaban J connectivity index is 0.00000312. The third kappa shape index (κ3) is 4.07. The second-order valence-electron chi connectivity index (χ2n) is 6.70. The molecule has 0 saturated heterocycles. The normalized spacial score (nSPS) is 25.5. The first kappa shape index (κ1) is 22.5. The number of hydrogen-bond donors (Lipinski definition) is 3. The number of aliphatic hydroxyl groups excluding tert-OH is 1. The van der Waals surface area contributed by atoms with E-state index in [0.717, 1.165) is 0 Å². The number of ether oxygens (including phenoxy) is 1. The van der Waals surface area contributed by atoms with Crippen LogP contribution in [0.15, 0.2) is 18.2 Å². The first-order chi connectivity index (χ1) is 11.1. The van der Waals surface area contributed by atoms with Gasteiger partial charge in [-0.3, -0.25) is 4.79 Å². The largest absolute Gasteiger partial charge is 0.386 e. The average Bonchev–Trinajstić information content (AvgIpc) is 2.51. The van der Waals surface area contributed by atoms with Crippen molar-refractivity contribution in [1.82, 2.24) is 5.32 Å². The van der Waals surface area contributed by atoms with Crippen LogP contribution in [0.2, 0.25) is 10.0 Å². The van der Waals surface area contributed by atoms with Crippen molar-refractivity contribution in [3.05, 3.63) is 33.8 Å². The number of carbonyl (C=O) groups excluding carboxylic acids is 1. The van der Waals surface area contributed by atoms with Gasteiger partial charge in [0.25, 0.3) is 0 Å². The predicted octanol–water partition coefficient (Wildman–Crippen LogP) is 3.10. The zero-order valence-corrected chi connectivity index (χ0v) is 16.8. The van der Waals surface area contributed by atoms with Gasteiger partial charge in [-0.25, -0.2) is 0 Å². The van der Waals surface area contributed by atoms with Crippen molar-refractivity contribution in [3.8, 4) is 0 Å². The highest BCUT2D eigenvalue weighted by atomic mass is 35.5. The maximum Gasteiger partial charge on any atom is 0.240 e. The highest BCUT2D eigenvalue weighted by Crippen LogP contribution is 2.49.